The number of rotatable bonds is 3. The van der Waals surface area contributed by atoms with Crippen molar-refractivity contribution >= 4 is 17.4 Å². The maximum absolute atomic E-state index is 14.2. The molecule has 1 saturated heterocycles. The van der Waals surface area contributed by atoms with Gasteiger partial charge in [-0.05, 0) is 30.3 Å². The van der Waals surface area contributed by atoms with E-state index in [1.54, 1.807) is 30.3 Å². The Kier molecular flexibility index (Phi) is 4.27. The van der Waals surface area contributed by atoms with Gasteiger partial charge in [-0.1, -0.05) is 18.2 Å². The van der Waals surface area contributed by atoms with Crippen LogP contribution in [0.4, 0.5) is 4.39 Å². The zero-order valence-corrected chi connectivity index (χ0v) is 13.7. The summed E-state index contributed by atoms with van der Waals surface area (Å²) in [4.78, 5) is 25.7. The van der Waals surface area contributed by atoms with Gasteiger partial charge < -0.3 is 14.7 Å². The van der Waals surface area contributed by atoms with Crippen molar-refractivity contribution in [2.75, 3.05) is 14.2 Å². The van der Waals surface area contributed by atoms with Gasteiger partial charge in [0.25, 0.3) is 11.7 Å². The largest absolute Gasteiger partial charge is 0.507 e. The predicted molar refractivity (Wildman–Crippen MR) is 89.5 cm³/mol. The van der Waals surface area contributed by atoms with Gasteiger partial charge in [0.05, 0.1) is 18.7 Å². The monoisotopic (exact) mass is 341 g/mol. The number of carbonyl (C=O) groups excluding carboxylic acids is 2. The Hall–Kier alpha value is -3.15. The molecule has 1 N–H and O–H groups in total. The number of hydrogen-bond donors (Lipinski definition) is 1. The quantitative estimate of drug-likeness (QED) is 0.530. The summed E-state index contributed by atoms with van der Waals surface area (Å²) in [7, 11) is 2.92. The van der Waals surface area contributed by atoms with E-state index >= 15 is 0 Å². The van der Waals surface area contributed by atoms with Gasteiger partial charge in [0, 0.05) is 18.2 Å². The SMILES string of the molecule is COc1ccc(C(O)=C2C(=O)C(=O)N(C)C2c2ccccc2F)cc1. The number of ether oxygens (including phenoxy) is 1. The maximum atomic E-state index is 14.2. The second kappa shape index (κ2) is 6.39. The number of benzene rings is 2. The highest BCUT2D eigenvalue weighted by Crippen LogP contribution is 2.39. The van der Waals surface area contributed by atoms with Crippen molar-refractivity contribution in [3.05, 3.63) is 71.0 Å². The molecule has 1 aliphatic heterocycles. The number of halogens is 1. The minimum atomic E-state index is -0.983. The van der Waals surface area contributed by atoms with E-state index in [1.807, 2.05) is 0 Å². The fraction of sp³-hybridized carbons (Fsp3) is 0.158. The van der Waals surface area contributed by atoms with Crippen LogP contribution in [0.3, 0.4) is 0 Å². The first-order chi connectivity index (χ1) is 12.0. The van der Waals surface area contributed by atoms with Crippen LogP contribution in [0.2, 0.25) is 0 Å². The van der Waals surface area contributed by atoms with Gasteiger partial charge in [-0.15, -0.1) is 0 Å². The number of Topliss-reactive ketones (excluding diaryl/α,β-unsaturated/α-hetero) is 1. The van der Waals surface area contributed by atoms with Crippen LogP contribution in [0.25, 0.3) is 5.76 Å². The number of nitrogens with zero attached hydrogens (tertiary/aromatic N) is 1. The van der Waals surface area contributed by atoms with Crippen LogP contribution in [-0.4, -0.2) is 35.9 Å². The topological polar surface area (TPSA) is 66.8 Å². The van der Waals surface area contributed by atoms with Crippen LogP contribution in [-0.2, 0) is 9.59 Å². The molecule has 1 heterocycles. The van der Waals surface area contributed by atoms with E-state index in [4.69, 9.17) is 4.74 Å². The van der Waals surface area contributed by atoms with E-state index in [0.717, 1.165) is 4.90 Å². The van der Waals surface area contributed by atoms with Crippen LogP contribution in [0.1, 0.15) is 17.2 Å². The Morgan fingerprint density at radius 3 is 2.36 bits per heavy atom. The molecule has 0 aromatic heterocycles. The summed E-state index contributed by atoms with van der Waals surface area (Å²) in [5.41, 5.74) is 0.357. The third-order valence-electron chi connectivity index (χ3n) is 4.24. The number of likely N-dealkylation sites (tertiary alicyclic amines) is 1. The minimum absolute atomic E-state index is 0.136. The minimum Gasteiger partial charge on any atom is -0.507 e. The zero-order chi connectivity index (χ0) is 18.1. The second-order valence-electron chi connectivity index (χ2n) is 5.66. The first kappa shape index (κ1) is 16.7. The Labute approximate surface area is 144 Å². The lowest BCUT2D eigenvalue weighted by atomic mass is 9.95. The van der Waals surface area contributed by atoms with Crippen molar-refractivity contribution in [3.63, 3.8) is 0 Å². The fourth-order valence-electron chi connectivity index (χ4n) is 2.91. The van der Waals surface area contributed by atoms with Gasteiger partial charge in [0.2, 0.25) is 0 Å². The van der Waals surface area contributed by atoms with E-state index in [-0.39, 0.29) is 16.9 Å². The third kappa shape index (κ3) is 2.76. The molecule has 1 fully saturated rings. The number of likely N-dealkylation sites (N-methyl/N-ethyl adjacent to an activating group) is 1. The van der Waals surface area contributed by atoms with Crippen LogP contribution in [0.5, 0.6) is 5.75 Å². The average molecular weight is 341 g/mol. The van der Waals surface area contributed by atoms with Gasteiger partial charge in [-0.25, -0.2) is 4.39 Å². The van der Waals surface area contributed by atoms with Gasteiger partial charge in [-0.2, -0.15) is 0 Å². The van der Waals surface area contributed by atoms with Crippen LogP contribution >= 0.6 is 0 Å². The lowest BCUT2D eigenvalue weighted by molar-refractivity contribution is -0.139. The average Bonchev–Trinajstić information content (AvgIpc) is 2.86. The van der Waals surface area contributed by atoms with Gasteiger partial charge in [-0.3, -0.25) is 9.59 Å². The zero-order valence-electron chi connectivity index (χ0n) is 13.7. The number of methoxy groups -OCH3 is 1. The summed E-state index contributed by atoms with van der Waals surface area (Å²) in [6, 6.07) is 11.3. The molecule has 25 heavy (non-hydrogen) atoms. The molecule has 1 aliphatic rings. The molecule has 2 aromatic rings. The highest BCUT2D eigenvalue weighted by atomic mass is 19.1. The highest BCUT2D eigenvalue weighted by Gasteiger charge is 2.45. The van der Waals surface area contributed by atoms with Crippen LogP contribution in [0.15, 0.2) is 54.1 Å². The maximum Gasteiger partial charge on any atom is 0.295 e. The van der Waals surface area contributed by atoms with Gasteiger partial charge in [0.1, 0.15) is 17.3 Å². The number of ketones is 1. The Balaban J connectivity index is 2.17. The van der Waals surface area contributed by atoms with Crippen molar-refractivity contribution in [1.29, 1.82) is 0 Å². The summed E-state index contributed by atoms with van der Waals surface area (Å²) in [5.74, 6) is -1.95. The molecule has 0 bridgehead atoms. The van der Waals surface area contributed by atoms with Gasteiger partial charge >= 0.3 is 0 Å². The molecular formula is C19H16FNO4. The number of aliphatic hydroxyl groups is 1. The number of amides is 1. The van der Waals surface area contributed by atoms with E-state index in [0.29, 0.717) is 11.3 Å². The summed E-state index contributed by atoms with van der Waals surface area (Å²) in [5, 5.41) is 10.6. The first-order valence-electron chi connectivity index (χ1n) is 7.59. The molecule has 6 heteroatoms. The molecule has 0 radical (unpaired) electrons. The lowest BCUT2D eigenvalue weighted by Gasteiger charge is -2.21. The highest BCUT2D eigenvalue weighted by molar-refractivity contribution is 6.46. The molecule has 1 atom stereocenters. The predicted octanol–water partition coefficient (Wildman–Crippen LogP) is 2.89. The summed E-state index contributed by atoms with van der Waals surface area (Å²) < 4.78 is 19.3. The normalized spacial score (nSPS) is 19.3. The van der Waals surface area contributed by atoms with Crippen molar-refractivity contribution in [3.8, 4) is 5.75 Å². The first-order valence-corrected chi connectivity index (χ1v) is 7.59. The van der Waals surface area contributed by atoms with Crippen molar-refractivity contribution in [2.24, 2.45) is 0 Å². The number of carbonyl (C=O) groups is 2. The molecule has 5 nitrogen and oxygen atoms in total. The smallest absolute Gasteiger partial charge is 0.295 e. The van der Waals surface area contributed by atoms with Crippen molar-refractivity contribution in [2.45, 2.75) is 6.04 Å². The standard InChI is InChI=1S/C19H16FNO4/c1-21-16(13-5-3-4-6-14(13)20)15(18(23)19(21)24)17(22)11-7-9-12(25-2)10-8-11/h3-10,16,22H,1-2H3. The van der Waals surface area contributed by atoms with Crippen LogP contribution < -0.4 is 4.74 Å². The van der Waals surface area contributed by atoms with Crippen LogP contribution in [0, 0.1) is 5.82 Å². The molecule has 0 aliphatic carbocycles. The van der Waals surface area contributed by atoms with Gasteiger partial charge in [0.15, 0.2) is 0 Å². The van der Waals surface area contributed by atoms with Crippen molar-refractivity contribution in [1.82, 2.24) is 4.90 Å². The molecule has 3 rings (SSSR count). The summed E-state index contributed by atoms with van der Waals surface area (Å²) >= 11 is 0. The molecule has 1 amide bonds. The number of hydrogen-bond acceptors (Lipinski definition) is 4. The Morgan fingerprint density at radius 1 is 1.12 bits per heavy atom. The lowest BCUT2D eigenvalue weighted by Crippen LogP contribution is -2.25. The summed E-state index contributed by atoms with van der Waals surface area (Å²) in [6.07, 6.45) is 0. The molecule has 2 aromatic carbocycles. The molecule has 0 saturated carbocycles. The third-order valence-corrected chi connectivity index (χ3v) is 4.24. The fourth-order valence-corrected chi connectivity index (χ4v) is 2.91. The van der Waals surface area contributed by atoms with E-state index in [2.05, 4.69) is 0 Å². The molecular weight excluding hydrogens is 325 g/mol. The molecule has 0 spiro atoms. The molecule has 1 unspecified atom stereocenters. The second-order valence-corrected chi connectivity index (χ2v) is 5.66. The Bertz CT molecular complexity index is 873. The Morgan fingerprint density at radius 2 is 1.76 bits per heavy atom. The summed E-state index contributed by atoms with van der Waals surface area (Å²) in [6.45, 7) is 0. The number of aliphatic hydroxyl groups excluding tert-OH is 1. The van der Waals surface area contributed by atoms with E-state index < -0.39 is 23.5 Å². The molecule has 128 valence electrons. The van der Waals surface area contributed by atoms with E-state index in [1.165, 1.54) is 32.4 Å². The van der Waals surface area contributed by atoms with Crippen molar-refractivity contribution < 1.29 is 23.8 Å². The van der Waals surface area contributed by atoms with E-state index in [9.17, 15) is 19.1 Å².